The number of nitrogens with two attached hydrogens (primary N) is 1. The molecule has 0 spiro atoms. The maximum absolute atomic E-state index is 11.8. The van der Waals surface area contributed by atoms with Gasteiger partial charge in [0.05, 0.1) is 0 Å². The van der Waals surface area contributed by atoms with Gasteiger partial charge >= 0.3 is 0 Å². The summed E-state index contributed by atoms with van der Waals surface area (Å²) in [4.78, 5) is 20.4. The normalized spacial score (nSPS) is 18.8. The Morgan fingerprint density at radius 1 is 1.37 bits per heavy atom. The van der Waals surface area contributed by atoms with E-state index >= 15 is 0 Å². The van der Waals surface area contributed by atoms with Crippen molar-refractivity contribution in [1.82, 2.24) is 19.6 Å². The molecule has 102 valence electrons. The second-order valence-corrected chi connectivity index (χ2v) is 5.64. The van der Waals surface area contributed by atoms with Crippen LogP contribution in [0, 0.1) is 6.92 Å². The minimum atomic E-state index is -0.190. The van der Waals surface area contributed by atoms with Crippen LogP contribution in [0.25, 0.3) is 5.78 Å². The van der Waals surface area contributed by atoms with E-state index in [4.69, 9.17) is 5.73 Å². The standard InChI is InChI=1S/C13H19N5O/c1-9-7-11(19)18-12(15-9)16-10(17-18)8-13(14)5-3-2-4-6-13/h7H,2-6,8,14H2,1H3,(H,15,16,17). The third-order valence-corrected chi connectivity index (χ3v) is 3.87. The Kier molecular flexibility index (Phi) is 2.89. The van der Waals surface area contributed by atoms with E-state index in [2.05, 4.69) is 15.1 Å². The fourth-order valence-corrected chi connectivity index (χ4v) is 2.88. The summed E-state index contributed by atoms with van der Waals surface area (Å²) >= 11 is 0. The Balaban J connectivity index is 1.93. The van der Waals surface area contributed by atoms with Gasteiger partial charge in [-0.3, -0.25) is 9.89 Å². The molecule has 6 nitrogen and oxygen atoms in total. The lowest BCUT2D eigenvalue weighted by molar-refractivity contribution is 0.290. The number of H-pyrrole nitrogens is 1. The van der Waals surface area contributed by atoms with E-state index in [9.17, 15) is 4.79 Å². The molecule has 0 bridgehead atoms. The number of hydrogen-bond acceptors (Lipinski definition) is 4. The summed E-state index contributed by atoms with van der Waals surface area (Å²) in [6, 6.07) is 1.49. The molecule has 0 aliphatic heterocycles. The molecule has 0 amide bonds. The smallest absolute Gasteiger partial charge is 0.274 e. The van der Waals surface area contributed by atoms with Crippen molar-refractivity contribution < 1.29 is 0 Å². The van der Waals surface area contributed by atoms with E-state index in [1.54, 1.807) is 6.92 Å². The molecule has 0 aromatic carbocycles. The van der Waals surface area contributed by atoms with Gasteiger partial charge in [-0.25, -0.2) is 4.98 Å². The molecule has 6 heteroatoms. The number of fused-ring (bicyclic) bond motifs is 1. The molecule has 19 heavy (non-hydrogen) atoms. The first-order valence-corrected chi connectivity index (χ1v) is 6.80. The topological polar surface area (TPSA) is 89.1 Å². The maximum atomic E-state index is 11.8. The zero-order chi connectivity index (χ0) is 13.5. The highest BCUT2D eigenvalue weighted by molar-refractivity contribution is 5.28. The van der Waals surface area contributed by atoms with Gasteiger partial charge in [-0.15, -0.1) is 0 Å². The van der Waals surface area contributed by atoms with Gasteiger partial charge in [-0.05, 0) is 19.8 Å². The summed E-state index contributed by atoms with van der Waals surface area (Å²) in [5, 5.41) is 3.01. The maximum Gasteiger partial charge on any atom is 0.274 e. The molecule has 0 atom stereocenters. The lowest BCUT2D eigenvalue weighted by Gasteiger charge is -2.32. The Bertz CT molecular complexity index is 651. The fraction of sp³-hybridized carbons (Fsp3) is 0.615. The number of nitrogens with zero attached hydrogens (tertiary/aromatic N) is 3. The quantitative estimate of drug-likeness (QED) is 0.841. The minimum Gasteiger partial charge on any atom is -0.325 e. The third-order valence-electron chi connectivity index (χ3n) is 3.87. The molecule has 1 fully saturated rings. The molecule has 2 heterocycles. The minimum absolute atomic E-state index is 0.129. The SMILES string of the molecule is Cc1cc(=O)n2[nH]c(CC3(N)CCCCC3)nc2n1. The average molecular weight is 261 g/mol. The van der Waals surface area contributed by atoms with Crippen LogP contribution in [0.4, 0.5) is 0 Å². The molecule has 3 rings (SSSR count). The summed E-state index contributed by atoms with van der Waals surface area (Å²) < 4.78 is 1.38. The van der Waals surface area contributed by atoms with E-state index in [1.807, 2.05) is 0 Å². The van der Waals surface area contributed by atoms with Crippen molar-refractivity contribution in [2.75, 3.05) is 0 Å². The summed E-state index contributed by atoms with van der Waals surface area (Å²) in [7, 11) is 0. The average Bonchev–Trinajstić information content (AvgIpc) is 2.71. The number of aromatic nitrogens is 4. The fourth-order valence-electron chi connectivity index (χ4n) is 2.88. The van der Waals surface area contributed by atoms with Crippen LogP contribution in [0.2, 0.25) is 0 Å². The summed E-state index contributed by atoms with van der Waals surface area (Å²) in [5.41, 5.74) is 6.78. The van der Waals surface area contributed by atoms with Crippen molar-refractivity contribution in [2.45, 2.75) is 51.0 Å². The molecule has 1 saturated carbocycles. The van der Waals surface area contributed by atoms with E-state index < -0.39 is 0 Å². The second kappa shape index (κ2) is 4.45. The van der Waals surface area contributed by atoms with Crippen LogP contribution < -0.4 is 11.3 Å². The first kappa shape index (κ1) is 12.3. The van der Waals surface area contributed by atoms with Gasteiger partial charge < -0.3 is 5.73 Å². The molecule has 0 saturated heterocycles. The van der Waals surface area contributed by atoms with E-state index in [0.29, 0.717) is 17.9 Å². The summed E-state index contributed by atoms with van der Waals surface area (Å²) in [6.45, 7) is 1.79. The van der Waals surface area contributed by atoms with Gasteiger partial charge in [0.1, 0.15) is 5.82 Å². The highest BCUT2D eigenvalue weighted by Gasteiger charge is 2.29. The van der Waals surface area contributed by atoms with Gasteiger partial charge in [0.15, 0.2) is 0 Å². The molecule has 1 aliphatic carbocycles. The van der Waals surface area contributed by atoms with Crippen LogP contribution in [0.15, 0.2) is 10.9 Å². The molecule has 2 aromatic rings. The number of rotatable bonds is 2. The lowest BCUT2D eigenvalue weighted by atomic mass is 9.80. The number of hydrogen-bond donors (Lipinski definition) is 2. The van der Waals surface area contributed by atoms with E-state index in [-0.39, 0.29) is 11.1 Å². The predicted octanol–water partition coefficient (Wildman–Crippen LogP) is 0.930. The number of aryl methyl sites for hydroxylation is 1. The van der Waals surface area contributed by atoms with Crippen LogP contribution in [0.3, 0.4) is 0 Å². The molecular formula is C13H19N5O. The largest absolute Gasteiger partial charge is 0.325 e. The van der Waals surface area contributed by atoms with Gasteiger partial charge in [-0.2, -0.15) is 9.50 Å². The molecule has 0 radical (unpaired) electrons. The van der Waals surface area contributed by atoms with E-state index in [0.717, 1.165) is 18.7 Å². The van der Waals surface area contributed by atoms with Crippen LogP contribution in [-0.2, 0) is 6.42 Å². The Labute approximate surface area is 111 Å². The van der Waals surface area contributed by atoms with Crippen molar-refractivity contribution in [3.8, 4) is 0 Å². The van der Waals surface area contributed by atoms with Gasteiger partial charge in [0, 0.05) is 23.7 Å². The summed E-state index contributed by atoms with van der Waals surface area (Å²) in [6.07, 6.45) is 6.33. The highest BCUT2D eigenvalue weighted by Crippen LogP contribution is 2.28. The Morgan fingerprint density at radius 3 is 2.84 bits per heavy atom. The first-order chi connectivity index (χ1) is 9.06. The second-order valence-electron chi connectivity index (χ2n) is 5.64. The molecular weight excluding hydrogens is 242 g/mol. The van der Waals surface area contributed by atoms with Crippen molar-refractivity contribution in [3.05, 3.63) is 27.9 Å². The van der Waals surface area contributed by atoms with E-state index in [1.165, 1.54) is 29.8 Å². The van der Waals surface area contributed by atoms with Crippen LogP contribution in [-0.4, -0.2) is 25.1 Å². The van der Waals surface area contributed by atoms with Gasteiger partial charge in [0.2, 0.25) is 0 Å². The highest BCUT2D eigenvalue weighted by atomic mass is 16.1. The molecule has 3 N–H and O–H groups in total. The zero-order valence-corrected chi connectivity index (χ0v) is 11.1. The lowest BCUT2D eigenvalue weighted by Crippen LogP contribution is -2.44. The van der Waals surface area contributed by atoms with Gasteiger partial charge in [-0.1, -0.05) is 19.3 Å². The van der Waals surface area contributed by atoms with Crippen LogP contribution in [0.5, 0.6) is 0 Å². The Hall–Kier alpha value is -1.69. The van der Waals surface area contributed by atoms with Crippen molar-refractivity contribution in [1.29, 1.82) is 0 Å². The number of aromatic amines is 1. The van der Waals surface area contributed by atoms with Crippen molar-refractivity contribution >= 4 is 5.78 Å². The summed E-state index contributed by atoms with van der Waals surface area (Å²) in [5.74, 6) is 1.18. The Morgan fingerprint density at radius 2 is 2.11 bits per heavy atom. The molecule has 1 aliphatic rings. The van der Waals surface area contributed by atoms with Crippen LogP contribution in [0.1, 0.15) is 43.6 Å². The van der Waals surface area contributed by atoms with Crippen molar-refractivity contribution in [3.63, 3.8) is 0 Å². The third kappa shape index (κ3) is 2.40. The molecule has 0 unspecified atom stereocenters. The number of nitrogens with one attached hydrogen (secondary N) is 1. The van der Waals surface area contributed by atoms with Crippen LogP contribution >= 0.6 is 0 Å². The molecule has 2 aromatic heterocycles. The first-order valence-electron chi connectivity index (χ1n) is 6.80. The van der Waals surface area contributed by atoms with Gasteiger partial charge in [0.25, 0.3) is 11.3 Å². The van der Waals surface area contributed by atoms with Crippen molar-refractivity contribution in [2.24, 2.45) is 5.73 Å². The monoisotopic (exact) mass is 261 g/mol. The zero-order valence-electron chi connectivity index (χ0n) is 11.1. The predicted molar refractivity (Wildman–Crippen MR) is 72.1 cm³/mol.